The standard InChI is InChI=1S/C18H20N4O3S/c1-2-9-22-17(15-10-24-13-5-3-4-6-14(13)25-15)20-21-18(22)26-11-16(23)19-12-7-8-12/h2-6,12,15H,1,7-11H2,(H,19,23)/t15-/m1/s1. The summed E-state index contributed by atoms with van der Waals surface area (Å²) in [6.45, 7) is 4.70. The molecule has 4 rings (SSSR count). The van der Waals surface area contributed by atoms with E-state index in [-0.39, 0.29) is 12.0 Å². The summed E-state index contributed by atoms with van der Waals surface area (Å²) in [6, 6.07) is 7.91. The van der Waals surface area contributed by atoms with Crippen molar-refractivity contribution in [3.8, 4) is 11.5 Å². The molecule has 1 aliphatic carbocycles. The van der Waals surface area contributed by atoms with Crippen LogP contribution in [0, 0.1) is 0 Å². The largest absolute Gasteiger partial charge is 0.485 e. The molecule has 1 fully saturated rings. The third kappa shape index (κ3) is 3.70. The van der Waals surface area contributed by atoms with Crippen LogP contribution in [-0.4, -0.2) is 39.1 Å². The maximum Gasteiger partial charge on any atom is 0.230 e. The van der Waals surface area contributed by atoms with Crippen LogP contribution in [0.25, 0.3) is 0 Å². The number of nitrogens with one attached hydrogen (secondary N) is 1. The lowest BCUT2D eigenvalue weighted by atomic mass is 10.2. The third-order valence-electron chi connectivity index (χ3n) is 4.13. The predicted molar refractivity (Wildman–Crippen MR) is 97.4 cm³/mol. The summed E-state index contributed by atoms with van der Waals surface area (Å²) in [5, 5.41) is 12.2. The number of amides is 1. The highest BCUT2D eigenvalue weighted by Gasteiger charge is 2.29. The number of ether oxygens (including phenoxy) is 2. The van der Waals surface area contributed by atoms with Crippen LogP contribution in [0.1, 0.15) is 24.8 Å². The molecule has 2 aliphatic rings. The van der Waals surface area contributed by atoms with Gasteiger partial charge >= 0.3 is 0 Å². The van der Waals surface area contributed by atoms with Gasteiger partial charge in [0.1, 0.15) is 6.61 Å². The lowest BCUT2D eigenvalue weighted by molar-refractivity contribution is -0.118. The maximum atomic E-state index is 11.9. The molecule has 2 heterocycles. The summed E-state index contributed by atoms with van der Waals surface area (Å²) in [5.74, 6) is 2.43. The number of benzene rings is 1. The lowest BCUT2D eigenvalue weighted by Crippen LogP contribution is -2.27. The normalized spacial score (nSPS) is 18.4. The molecule has 1 aliphatic heterocycles. The summed E-state index contributed by atoms with van der Waals surface area (Å²) in [5.41, 5.74) is 0. The molecule has 0 spiro atoms. The Morgan fingerprint density at radius 3 is 2.92 bits per heavy atom. The van der Waals surface area contributed by atoms with Gasteiger partial charge in [0.25, 0.3) is 0 Å². The van der Waals surface area contributed by atoms with Crippen molar-refractivity contribution < 1.29 is 14.3 Å². The van der Waals surface area contributed by atoms with Crippen LogP contribution < -0.4 is 14.8 Å². The fourth-order valence-electron chi connectivity index (χ4n) is 2.72. The van der Waals surface area contributed by atoms with E-state index in [2.05, 4.69) is 22.1 Å². The van der Waals surface area contributed by atoms with E-state index in [0.717, 1.165) is 18.6 Å². The zero-order valence-corrected chi connectivity index (χ0v) is 15.1. The minimum Gasteiger partial charge on any atom is -0.485 e. The van der Waals surface area contributed by atoms with Gasteiger partial charge < -0.3 is 14.8 Å². The van der Waals surface area contributed by atoms with Gasteiger partial charge in [0.05, 0.1) is 5.75 Å². The Morgan fingerprint density at radius 1 is 1.35 bits per heavy atom. The number of rotatable bonds is 7. The number of aromatic nitrogens is 3. The fraction of sp³-hybridized carbons (Fsp3) is 0.389. The van der Waals surface area contributed by atoms with Crippen LogP contribution >= 0.6 is 11.8 Å². The Labute approximate surface area is 155 Å². The number of thioether (sulfide) groups is 1. The Balaban J connectivity index is 1.48. The molecule has 0 radical (unpaired) electrons. The van der Waals surface area contributed by atoms with Crippen LogP contribution in [-0.2, 0) is 11.3 Å². The monoisotopic (exact) mass is 372 g/mol. The molecule has 8 heteroatoms. The highest BCUT2D eigenvalue weighted by molar-refractivity contribution is 7.99. The zero-order chi connectivity index (χ0) is 17.9. The van der Waals surface area contributed by atoms with Crippen molar-refractivity contribution >= 4 is 17.7 Å². The molecule has 0 bridgehead atoms. The van der Waals surface area contributed by atoms with Crippen molar-refractivity contribution in [1.82, 2.24) is 20.1 Å². The minimum atomic E-state index is -0.355. The van der Waals surface area contributed by atoms with E-state index in [4.69, 9.17) is 9.47 Å². The van der Waals surface area contributed by atoms with Crippen molar-refractivity contribution in [2.75, 3.05) is 12.4 Å². The van der Waals surface area contributed by atoms with E-state index < -0.39 is 0 Å². The molecule has 7 nitrogen and oxygen atoms in total. The van der Waals surface area contributed by atoms with E-state index in [1.807, 2.05) is 28.8 Å². The second-order valence-corrected chi connectivity index (χ2v) is 7.18. The number of allylic oxidation sites excluding steroid dienone is 1. The van der Waals surface area contributed by atoms with Crippen LogP contribution in [0.2, 0.25) is 0 Å². The zero-order valence-electron chi connectivity index (χ0n) is 14.3. The third-order valence-corrected chi connectivity index (χ3v) is 5.10. The molecule has 26 heavy (non-hydrogen) atoms. The summed E-state index contributed by atoms with van der Waals surface area (Å²) in [7, 11) is 0. The first-order valence-corrected chi connectivity index (χ1v) is 9.58. The Hall–Kier alpha value is -2.48. The van der Waals surface area contributed by atoms with Crippen LogP contribution in [0.5, 0.6) is 11.5 Å². The summed E-state index contributed by atoms with van der Waals surface area (Å²) in [6.07, 6.45) is 3.58. The number of nitrogens with zero attached hydrogens (tertiary/aromatic N) is 3. The van der Waals surface area contributed by atoms with Gasteiger partial charge in [-0.3, -0.25) is 9.36 Å². The van der Waals surface area contributed by atoms with Crippen molar-refractivity contribution in [3.05, 3.63) is 42.7 Å². The van der Waals surface area contributed by atoms with Gasteiger partial charge in [0, 0.05) is 12.6 Å². The predicted octanol–water partition coefficient (Wildman–Crippen LogP) is 2.35. The molecule has 1 amide bonds. The van der Waals surface area contributed by atoms with Crippen LogP contribution in [0.15, 0.2) is 42.1 Å². The van der Waals surface area contributed by atoms with Crippen molar-refractivity contribution in [3.63, 3.8) is 0 Å². The topological polar surface area (TPSA) is 78.3 Å². The fourth-order valence-corrected chi connectivity index (χ4v) is 3.49. The molecule has 136 valence electrons. The van der Waals surface area contributed by atoms with Gasteiger partial charge in [-0.1, -0.05) is 30.0 Å². The second-order valence-electron chi connectivity index (χ2n) is 6.23. The molecule has 1 aromatic heterocycles. The van der Waals surface area contributed by atoms with E-state index in [9.17, 15) is 4.79 Å². The second kappa shape index (κ2) is 7.41. The number of hydrogen-bond donors (Lipinski definition) is 1. The van der Waals surface area contributed by atoms with Crippen LogP contribution in [0.3, 0.4) is 0 Å². The number of fused-ring (bicyclic) bond motifs is 1. The molecular formula is C18H20N4O3S. The number of carbonyl (C=O) groups is 1. The number of para-hydroxylation sites is 2. The van der Waals surface area contributed by atoms with Gasteiger partial charge in [-0.25, -0.2) is 0 Å². The quantitative estimate of drug-likeness (QED) is 0.594. The van der Waals surface area contributed by atoms with Crippen molar-refractivity contribution in [1.29, 1.82) is 0 Å². The minimum absolute atomic E-state index is 0.0263. The van der Waals surface area contributed by atoms with Gasteiger partial charge in [-0.2, -0.15) is 0 Å². The van der Waals surface area contributed by atoms with Crippen LogP contribution in [0.4, 0.5) is 0 Å². The Morgan fingerprint density at radius 2 is 2.15 bits per heavy atom. The SMILES string of the molecule is C=CCn1c(SCC(=O)NC2CC2)nnc1[C@H]1COc2ccccc2O1. The summed E-state index contributed by atoms with van der Waals surface area (Å²) in [4.78, 5) is 11.9. The summed E-state index contributed by atoms with van der Waals surface area (Å²) >= 11 is 1.37. The summed E-state index contributed by atoms with van der Waals surface area (Å²) < 4.78 is 13.7. The molecule has 1 aromatic carbocycles. The van der Waals surface area contributed by atoms with Gasteiger partial charge in [0.15, 0.2) is 28.6 Å². The van der Waals surface area contributed by atoms with E-state index >= 15 is 0 Å². The average molecular weight is 372 g/mol. The first kappa shape index (κ1) is 17.0. The first-order valence-electron chi connectivity index (χ1n) is 8.59. The van der Waals surface area contributed by atoms with Gasteiger partial charge in [-0.15, -0.1) is 16.8 Å². The highest BCUT2D eigenvalue weighted by Crippen LogP contribution is 2.36. The first-order chi connectivity index (χ1) is 12.7. The smallest absolute Gasteiger partial charge is 0.230 e. The lowest BCUT2D eigenvalue weighted by Gasteiger charge is -2.26. The highest BCUT2D eigenvalue weighted by atomic mass is 32.2. The van der Waals surface area contributed by atoms with E-state index in [1.165, 1.54) is 11.8 Å². The Kier molecular flexibility index (Phi) is 4.83. The molecular weight excluding hydrogens is 352 g/mol. The molecule has 2 aromatic rings. The molecule has 0 unspecified atom stereocenters. The number of carbonyl (C=O) groups excluding carboxylic acids is 1. The van der Waals surface area contributed by atoms with Crippen molar-refractivity contribution in [2.24, 2.45) is 0 Å². The van der Waals surface area contributed by atoms with Gasteiger partial charge in [0.2, 0.25) is 5.91 Å². The average Bonchev–Trinajstić information content (AvgIpc) is 3.38. The molecule has 1 atom stereocenters. The Bertz CT molecular complexity index is 819. The maximum absolute atomic E-state index is 11.9. The molecule has 0 saturated heterocycles. The number of hydrogen-bond acceptors (Lipinski definition) is 6. The molecule has 1 N–H and O–H groups in total. The van der Waals surface area contributed by atoms with E-state index in [0.29, 0.717) is 41.7 Å². The van der Waals surface area contributed by atoms with Crippen molar-refractivity contribution in [2.45, 2.75) is 36.7 Å². The molecule has 1 saturated carbocycles. The van der Waals surface area contributed by atoms with Gasteiger partial charge in [-0.05, 0) is 25.0 Å². The van der Waals surface area contributed by atoms with E-state index in [1.54, 1.807) is 6.08 Å².